The molecule has 0 saturated carbocycles. The van der Waals surface area contributed by atoms with Crippen molar-refractivity contribution >= 4 is 0 Å². The van der Waals surface area contributed by atoms with Gasteiger partial charge in [-0.25, -0.2) is 0 Å². The van der Waals surface area contributed by atoms with Crippen molar-refractivity contribution in [1.82, 2.24) is 0 Å². The van der Waals surface area contributed by atoms with E-state index in [0.29, 0.717) is 0 Å². The van der Waals surface area contributed by atoms with Gasteiger partial charge in [0.2, 0.25) is 0 Å². The fraction of sp³-hybridized carbons (Fsp3) is 0.200. The number of hydrogen-bond donors (Lipinski definition) is 0. The standard InChI is InChI=1S/C8H10O.C7H8O.2Na/c1-2-7-3-5-8(9)6-4-7;1-6-3-2-4-7(8)5-6;;/h3-6,9H,2H2,1H3;2-5,8H,1H3;;/q;;2*+1/p-2. The van der Waals surface area contributed by atoms with Gasteiger partial charge in [0.25, 0.3) is 0 Å². The predicted molar refractivity (Wildman–Crippen MR) is 65.9 cm³/mol. The van der Waals surface area contributed by atoms with Crippen molar-refractivity contribution in [2.45, 2.75) is 20.3 Å². The summed E-state index contributed by atoms with van der Waals surface area (Å²) in [4.78, 5) is 0. The normalized spacial score (nSPS) is 8.32. The molecule has 0 amide bonds. The van der Waals surface area contributed by atoms with Crippen LogP contribution in [0.1, 0.15) is 18.1 Å². The average molecular weight is 274 g/mol. The van der Waals surface area contributed by atoms with E-state index in [1.807, 2.05) is 25.1 Å². The van der Waals surface area contributed by atoms with E-state index >= 15 is 0 Å². The van der Waals surface area contributed by atoms with Crippen LogP contribution in [0.25, 0.3) is 0 Å². The first-order valence-electron chi connectivity index (χ1n) is 5.61. The monoisotopic (exact) mass is 274 g/mol. The zero-order valence-electron chi connectivity index (χ0n) is 12.1. The maximum atomic E-state index is 10.5. The smallest absolute Gasteiger partial charge is 0.872 e. The Bertz CT molecular complexity index is 439. The van der Waals surface area contributed by atoms with E-state index in [4.69, 9.17) is 0 Å². The van der Waals surface area contributed by atoms with E-state index in [0.717, 1.165) is 12.0 Å². The molecule has 0 unspecified atom stereocenters. The summed E-state index contributed by atoms with van der Waals surface area (Å²) in [5.41, 5.74) is 2.24. The van der Waals surface area contributed by atoms with Crippen LogP contribution in [0, 0.1) is 6.92 Å². The summed E-state index contributed by atoms with van der Waals surface area (Å²) in [5, 5.41) is 21.0. The second-order valence-corrected chi connectivity index (χ2v) is 3.81. The van der Waals surface area contributed by atoms with Gasteiger partial charge in [0.05, 0.1) is 0 Å². The molecule has 90 valence electrons. The van der Waals surface area contributed by atoms with E-state index in [1.165, 1.54) is 5.56 Å². The summed E-state index contributed by atoms with van der Waals surface area (Å²) < 4.78 is 0. The zero-order chi connectivity index (χ0) is 12.7. The number of hydrogen-bond acceptors (Lipinski definition) is 2. The molecule has 0 bridgehead atoms. The third-order valence-corrected chi connectivity index (χ3v) is 2.32. The molecule has 0 saturated heterocycles. The van der Waals surface area contributed by atoms with Crippen LogP contribution in [-0.2, 0) is 6.42 Å². The fourth-order valence-corrected chi connectivity index (χ4v) is 1.34. The molecule has 2 aromatic rings. The van der Waals surface area contributed by atoms with Gasteiger partial charge in [-0.05, 0) is 18.9 Å². The molecule has 2 aromatic carbocycles. The minimum absolute atomic E-state index is 0. The Labute approximate surface area is 159 Å². The molecule has 0 fully saturated rings. The van der Waals surface area contributed by atoms with Crippen LogP contribution in [0.5, 0.6) is 11.5 Å². The molecule has 4 heteroatoms. The van der Waals surface area contributed by atoms with Gasteiger partial charge >= 0.3 is 59.1 Å². The number of aryl methyl sites for hydroxylation is 2. The van der Waals surface area contributed by atoms with Crippen molar-refractivity contribution in [3.8, 4) is 11.5 Å². The van der Waals surface area contributed by atoms with Gasteiger partial charge < -0.3 is 10.2 Å². The minimum atomic E-state index is 0. The summed E-state index contributed by atoms with van der Waals surface area (Å²) in [7, 11) is 0. The molecule has 0 N–H and O–H groups in total. The molecule has 0 aromatic heterocycles. The van der Waals surface area contributed by atoms with E-state index in [9.17, 15) is 10.2 Å². The van der Waals surface area contributed by atoms with Gasteiger partial charge in [-0.2, -0.15) is 0 Å². The maximum absolute atomic E-state index is 10.5. The fourth-order valence-electron chi connectivity index (χ4n) is 1.34. The summed E-state index contributed by atoms with van der Waals surface area (Å²) in [6.07, 6.45) is 1.00. The van der Waals surface area contributed by atoms with Crippen LogP contribution >= 0.6 is 0 Å². The van der Waals surface area contributed by atoms with Gasteiger partial charge in [-0.3, -0.25) is 0 Å². The number of benzene rings is 2. The Morgan fingerprint density at radius 1 is 0.842 bits per heavy atom. The van der Waals surface area contributed by atoms with Crippen molar-refractivity contribution in [2.24, 2.45) is 0 Å². The Balaban J connectivity index is 0. The summed E-state index contributed by atoms with van der Waals surface area (Å²) in [6.45, 7) is 3.97. The van der Waals surface area contributed by atoms with E-state index in [2.05, 4.69) is 6.92 Å². The molecule has 19 heavy (non-hydrogen) atoms. The Hall–Kier alpha value is 0.0400. The second-order valence-electron chi connectivity index (χ2n) is 3.81. The molecule has 0 atom stereocenters. The average Bonchev–Trinajstić information content (AvgIpc) is 2.30. The molecule has 2 rings (SSSR count). The molecule has 0 heterocycles. The summed E-state index contributed by atoms with van der Waals surface area (Å²) in [6, 6.07) is 13.7. The van der Waals surface area contributed by atoms with Crippen LogP contribution in [0.2, 0.25) is 0 Å². The maximum Gasteiger partial charge on any atom is 1.00 e. The van der Waals surface area contributed by atoms with Crippen molar-refractivity contribution in [1.29, 1.82) is 0 Å². The SMILES string of the molecule is CCc1ccc([O-])cc1.Cc1cccc([O-])c1.[Na+].[Na+]. The molecule has 0 radical (unpaired) electrons. The molecular weight excluding hydrogens is 258 g/mol. The van der Waals surface area contributed by atoms with Crippen molar-refractivity contribution < 1.29 is 69.3 Å². The van der Waals surface area contributed by atoms with Crippen LogP contribution in [0.15, 0.2) is 48.5 Å². The topological polar surface area (TPSA) is 46.1 Å². The van der Waals surface area contributed by atoms with E-state index < -0.39 is 0 Å². The first-order valence-corrected chi connectivity index (χ1v) is 5.61. The molecule has 0 aliphatic rings. The van der Waals surface area contributed by atoms with Crippen LogP contribution in [0.3, 0.4) is 0 Å². The van der Waals surface area contributed by atoms with Crippen LogP contribution in [0.4, 0.5) is 0 Å². The zero-order valence-corrected chi connectivity index (χ0v) is 16.1. The van der Waals surface area contributed by atoms with Gasteiger partial charge in [0, 0.05) is 0 Å². The quantitative estimate of drug-likeness (QED) is 0.505. The van der Waals surface area contributed by atoms with E-state index in [1.54, 1.807) is 30.3 Å². The summed E-state index contributed by atoms with van der Waals surface area (Å²) in [5.74, 6) is 0.178. The second kappa shape index (κ2) is 11.8. The summed E-state index contributed by atoms with van der Waals surface area (Å²) >= 11 is 0. The molecule has 0 spiro atoms. The first kappa shape index (κ1) is 21.3. The van der Waals surface area contributed by atoms with Crippen molar-refractivity contribution in [3.05, 3.63) is 59.7 Å². The largest absolute Gasteiger partial charge is 1.00 e. The number of rotatable bonds is 1. The Morgan fingerprint density at radius 2 is 1.42 bits per heavy atom. The molecule has 0 aliphatic heterocycles. The molecule has 2 nitrogen and oxygen atoms in total. The van der Waals surface area contributed by atoms with Crippen molar-refractivity contribution in [3.63, 3.8) is 0 Å². The first-order chi connectivity index (χ1) is 8.11. The molecule has 0 aliphatic carbocycles. The van der Waals surface area contributed by atoms with E-state index in [-0.39, 0.29) is 70.6 Å². The third-order valence-electron chi connectivity index (χ3n) is 2.32. The van der Waals surface area contributed by atoms with Gasteiger partial charge in [-0.1, -0.05) is 61.0 Å². The van der Waals surface area contributed by atoms with Gasteiger partial charge in [0.1, 0.15) is 0 Å². The van der Waals surface area contributed by atoms with Gasteiger partial charge in [-0.15, -0.1) is 11.5 Å². The third kappa shape index (κ3) is 9.55. The van der Waals surface area contributed by atoms with Crippen LogP contribution in [-0.4, -0.2) is 0 Å². The predicted octanol–water partition coefficient (Wildman–Crippen LogP) is -3.60. The molecular formula is C15H16Na2O2. The van der Waals surface area contributed by atoms with Crippen molar-refractivity contribution in [2.75, 3.05) is 0 Å². The Kier molecular flexibility index (Phi) is 13.3. The van der Waals surface area contributed by atoms with Crippen LogP contribution < -0.4 is 69.3 Å². The Morgan fingerprint density at radius 3 is 1.79 bits per heavy atom. The van der Waals surface area contributed by atoms with Gasteiger partial charge in [0.15, 0.2) is 0 Å². The minimum Gasteiger partial charge on any atom is -0.872 e.